The Balaban J connectivity index is 3.16. The number of carbonyl (C=O) groups excluding carboxylic acids is 1. The van der Waals surface area contributed by atoms with Crippen molar-refractivity contribution in [2.75, 3.05) is 25.1 Å². The Bertz CT molecular complexity index is 624. The highest BCUT2D eigenvalue weighted by atomic mass is 32.2. The van der Waals surface area contributed by atoms with Crippen molar-refractivity contribution < 1.29 is 13.2 Å². The van der Waals surface area contributed by atoms with Crippen molar-refractivity contribution in [3.05, 3.63) is 18.2 Å². The first kappa shape index (κ1) is 16.3. The van der Waals surface area contributed by atoms with Gasteiger partial charge in [-0.25, -0.2) is 12.7 Å². The lowest BCUT2D eigenvalue weighted by Crippen LogP contribution is -2.45. The zero-order valence-electron chi connectivity index (χ0n) is 12.0. The van der Waals surface area contributed by atoms with E-state index in [0.717, 1.165) is 4.31 Å². The fraction of sp³-hybridized carbons (Fsp3) is 0.417. The molecule has 1 rings (SSSR count). The maximum atomic E-state index is 12.0. The fourth-order valence-electron chi connectivity index (χ4n) is 1.42. The molecule has 1 amide bonds. The number of primary amides is 1. The van der Waals surface area contributed by atoms with Gasteiger partial charge in [-0.3, -0.25) is 4.79 Å². The molecule has 7 nitrogen and oxygen atoms in total. The topological polar surface area (TPSA) is 119 Å². The Morgan fingerprint density at radius 2 is 1.85 bits per heavy atom. The van der Waals surface area contributed by atoms with Crippen LogP contribution in [0.15, 0.2) is 23.1 Å². The molecule has 8 heteroatoms. The van der Waals surface area contributed by atoms with Crippen molar-refractivity contribution in [2.45, 2.75) is 24.3 Å². The molecule has 0 aromatic heterocycles. The van der Waals surface area contributed by atoms with Crippen molar-refractivity contribution in [3.8, 4) is 0 Å². The lowest BCUT2D eigenvalue weighted by Gasteiger charge is -2.25. The van der Waals surface area contributed by atoms with Gasteiger partial charge in [0, 0.05) is 14.1 Å². The number of hydrogen-bond acceptors (Lipinski definition) is 5. The molecule has 0 saturated carbocycles. The van der Waals surface area contributed by atoms with Gasteiger partial charge in [0.05, 0.1) is 16.3 Å². The molecule has 0 aliphatic heterocycles. The van der Waals surface area contributed by atoms with Gasteiger partial charge >= 0.3 is 0 Å². The molecule has 112 valence electrons. The van der Waals surface area contributed by atoms with Gasteiger partial charge in [-0.2, -0.15) is 0 Å². The van der Waals surface area contributed by atoms with Crippen LogP contribution in [0.2, 0.25) is 0 Å². The Labute approximate surface area is 119 Å². The van der Waals surface area contributed by atoms with Crippen LogP contribution in [0.3, 0.4) is 0 Å². The largest absolute Gasteiger partial charge is 0.397 e. The molecule has 5 N–H and O–H groups in total. The third-order valence-electron chi connectivity index (χ3n) is 2.86. The molecule has 0 unspecified atom stereocenters. The highest BCUT2D eigenvalue weighted by Gasteiger charge is 2.26. The summed E-state index contributed by atoms with van der Waals surface area (Å²) in [4.78, 5) is 11.4. The first-order valence-electron chi connectivity index (χ1n) is 5.88. The van der Waals surface area contributed by atoms with E-state index >= 15 is 0 Å². The van der Waals surface area contributed by atoms with E-state index in [4.69, 9.17) is 11.5 Å². The van der Waals surface area contributed by atoms with Gasteiger partial charge in [0.1, 0.15) is 5.54 Å². The Morgan fingerprint density at radius 1 is 1.30 bits per heavy atom. The smallest absolute Gasteiger partial charge is 0.242 e. The second-order valence-electron chi connectivity index (χ2n) is 5.15. The number of sulfonamides is 1. The van der Waals surface area contributed by atoms with E-state index in [1.165, 1.54) is 32.3 Å². The molecule has 0 bridgehead atoms. The van der Waals surface area contributed by atoms with Crippen LogP contribution in [0.25, 0.3) is 0 Å². The van der Waals surface area contributed by atoms with Gasteiger partial charge in [0.2, 0.25) is 15.9 Å². The number of carbonyl (C=O) groups is 1. The summed E-state index contributed by atoms with van der Waals surface area (Å²) >= 11 is 0. The molecule has 1 aromatic carbocycles. The minimum atomic E-state index is -3.54. The summed E-state index contributed by atoms with van der Waals surface area (Å²) in [5, 5.41) is 2.89. The standard InChI is InChI=1S/C12H20N4O3S/c1-12(2,11(14)17)15-10-6-5-8(7-9(10)13)20(18,19)16(3)4/h5-7,15H,13H2,1-4H3,(H2,14,17). The van der Waals surface area contributed by atoms with Crippen LogP contribution in [0.1, 0.15) is 13.8 Å². The van der Waals surface area contributed by atoms with Crippen LogP contribution >= 0.6 is 0 Å². The Kier molecular flexibility index (Phi) is 4.30. The maximum absolute atomic E-state index is 12.0. The van der Waals surface area contributed by atoms with Crippen LogP contribution in [0.4, 0.5) is 11.4 Å². The maximum Gasteiger partial charge on any atom is 0.242 e. The van der Waals surface area contributed by atoms with Gasteiger partial charge in [0.25, 0.3) is 0 Å². The van der Waals surface area contributed by atoms with Crippen molar-refractivity contribution in [2.24, 2.45) is 5.73 Å². The average molecular weight is 300 g/mol. The summed E-state index contributed by atoms with van der Waals surface area (Å²) in [6.07, 6.45) is 0. The molecular weight excluding hydrogens is 280 g/mol. The second-order valence-corrected chi connectivity index (χ2v) is 7.30. The highest BCUT2D eigenvalue weighted by Crippen LogP contribution is 2.26. The summed E-state index contributed by atoms with van der Waals surface area (Å²) in [6, 6.07) is 4.27. The molecule has 0 atom stereocenters. The molecule has 0 fully saturated rings. The first-order valence-corrected chi connectivity index (χ1v) is 7.32. The van der Waals surface area contributed by atoms with Crippen molar-refractivity contribution in [1.82, 2.24) is 4.31 Å². The molecule has 0 aliphatic carbocycles. The minimum Gasteiger partial charge on any atom is -0.397 e. The monoisotopic (exact) mass is 300 g/mol. The van der Waals surface area contributed by atoms with E-state index in [-0.39, 0.29) is 10.6 Å². The number of benzene rings is 1. The van der Waals surface area contributed by atoms with Crippen LogP contribution in [-0.2, 0) is 14.8 Å². The summed E-state index contributed by atoms with van der Waals surface area (Å²) in [5.41, 5.74) is 10.8. The molecule has 0 saturated heterocycles. The summed E-state index contributed by atoms with van der Waals surface area (Å²) in [6.45, 7) is 3.22. The number of nitrogens with zero attached hydrogens (tertiary/aromatic N) is 1. The fourth-order valence-corrected chi connectivity index (χ4v) is 2.36. The molecule has 0 heterocycles. The van der Waals surface area contributed by atoms with E-state index in [1.807, 2.05) is 0 Å². The number of anilines is 2. The highest BCUT2D eigenvalue weighted by molar-refractivity contribution is 7.89. The minimum absolute atomic E-state index is 0.0856. The molecule has 20 heavy (non-hydrogen) atoms. The third kappa shape index (κ3) is 3.20. The number of hydrogen-bond donors (Lipinski definition) is 3. The molecule has 0 radical (unpaired) electrons. The molecule has 1 aromatic rings. The lowest BCUT2D eigenvalue weighted by atomic mass is 10.0. The summed E-state index contributed by atoms with van der Waals surface area (Å²) < 4.78 is 25.0. The van der Waals surface area contributed by atoms with Crippen molar-refractivity contribution in [1.29, 1.82) is 0 Å². The quantitative estimate of drug-likeness (QED) is 0.671. The predicted octanol–water partition coefficient (Wildman–Crippen LogP) is 0.195. The second kappa shape index (κ2) is 5.29. The van der Waals surface area contributed by atoms with Crippen molar-refractivity contribution >= 4 is 27.3 Å². The molecule has 0 spiro atoms. The van der Waals surface area contributed by atoms with Gasteiger partial charge in [-0.05, 0) is 32.0 Å². The first-order chi connectivity index (χ1) is 8.98. The number of rotatable bonds is 5. The molecule has 0 aliphatic rings. The number of nitrogens with one attached hydrogen (secondary N) is 1. The van der Waals surface area contributed by atoms with Gasteiger partial charge < -0.3 is 16.8 Å². The van der Waals surface area contributed by atoms with E-state index in [9.17, 15) is 13.2 Å². The predicted molar refractivity (Wildman–Crippen MR) is 78.6 cm³/mol. The lowest BCUT2D eigenvalue weighted by molar-refractivity contribution is -0.121. The van der Waals surface area contributed by atoms with Crippen molar-refractivity contribution in [3.63, 3.8) is 0 Å². The number of nitrogens with two attached hydrogens (primary N) is 2. The van der Waals surface area contributed by atoms with Crippen LogP contribution < -0.4 is 16.8 Å². The van der Waals surface area contributed by atoms with E-state index in [1.54, 1.807) is 13.8 Å². The van der Waals surface area contributed by atoms with Gasteiger partial charge in [0.15, 0.2) is 0 Å². The SMILES string of the molecule is CN(C)S(=O)(=O)c1ccc(NC(C)(C)C(N)=O)c(N)c1. The third-order valence-corrected chi connectivity index (χ3v) is 4.68. The Hall–Kier alpha value is -1.80. The summed E-state index contributed by atoms with van der Waals surface area (Å²) in [7, 11) is -0.666. The van der Waals surface area contributed by atoms with Crippen LogP contribution in [-0.4, -0.2) is 38.3 Å². The average Bonchev–Trinajstić information content (AvgIpc) is 2.30. The van der Waals surface area contributed by atoms with E-state index < -0.39 is 21.5 Å². The Morgan fingerprint density at radius 3 is 2.25 bits per heavy atom. The number of amides is 1. The molecular formula is C12H20N4O3S. The van der Waals surface area contributed by atoms with Crippen LogP contribution in [0.5, 0.6) is 0 Å². The van der Waals surface area contributed by atoms with Gasteiger partial charge in [-0.15, -0.1) is 0 Å². The van der Waals surface area contributed by atoms with E-state index in [0.29, 0.717) is 5.69 Å². The zero-order valence-corrected chi connectivity index (χ0v) is 12.8. The summed E-state index contributed by atoms with van der Waals surface area (Å²) in [5.74, 6) is -0.540. The van der Waals surface area contributed by atoms with Crippen LogP contribution in [0, 0.1) is 0 Å². The zero-order chi connectivity index (χ0) is 15.7. The van der Waals surface area contributed by atoms with E-state index in [2.05, 4.69) is 5.32 Å². The van der Waals surface area contributed by atoms with Gasteiger partial charge in [-0.1, -0.05) is 0 Å². The number of nitrogen functional groups attached to an aromatic ring is 1. The normalized spacial score (nSPS) is 12.4.